The van der Waals surface area contributed by atoms with Gasteiger partial charge in [0.15, 0.2) is 5.96 Å². The van der Waals surface area contributed by atoms with Crippen molar-refractivity contribution < 1.29 is 9.47 Å². The van der Waals surface area contributed by atoms with E-state index in [9.17, 15) is 0 Å². The van der Waals surface area contributed by atoms with Crippen LogP contribution in [-0.2, 0) is 18.3 Å². The first-order valence-electron chi connectivity index (χ1n) is 10.4. The van der Waals surface area contributed by atoms with Gasteiger partial charge < -0.3 is 25.0 Å². The zero-order valence-corrected chi connectivity index (χ0v) is 21.6. The van der Waals surface area contributed by atoms with E-state index in [1.54, 1.807) is 7.11 Å². The molecule has 9 heteroatoms. The zero-order chi connectivity index (χ0) is 21.8. The number of hydrogen-bond acceptors (Lipinski definition) is 5. The summed E-state index contributed by atoms with van der Waals surface area (Å²) in [4.78, 5) is 6.95. The molecular weight excluding hydrogens is 507 g/mol. The third kappa shape index (κ3) is 9.88. The second-order valence-electron chi connectivity index (χ2n) is 7.30. The summed E-state index contributed by atoms with van der Waals surface area (Å²) in [5.41, 5.74) is 2.29. The largest absolute Gasteiger partial charge is 0.497 e. The van der Waals surface area contributed by atoms with E-state index < -0.39 is 0 Å². The molecule has 0 aliphatic heterocycles. The highest BCUT2D eigenvalue weighted by Gasteiger charge is 2.16. The number of rotatable bonds is 12. The molecule has 1 atom stereocenters. The predicted octanol–water partition coefficient (Wildman–Crippen LogP) is 2.81. The second kappa shape index (κ2) is 15.0. The van der Waals surface area contributed by atoms with E-state index in [1.165, 1.54) is 5.56 Å². The summed E-state index contributed by atoms with van der Waals surface area (Å²) in [7, 11) is 7.75. The molecule has 0 amide bonds. The first kappa shape index (κ1) is 27.2. The fourth-order valence-corrected chi connectivity index (χ4v) is 3.01. The molecule has 0 radical (unpaired) electrons. The van der Waals surface area contributed by atoms with Gasteiger partial charge in [0.25, 0.3) is 0 Å². The minimum atomic E-state index is 0. The average Bonchev–Trinajstić information content (AvgIpc) is 3.17. The summed E-state index contributed by atoms with van der Waals surface area (Å²) in [5, 5.41) is 11.2. The number of ether oxygens (including phenoxy) is 2. The Hall–Kier alpha value is -1.85. The molecule has 0 saturated carbocycles. The molecule has 8 nitrogen and oxygen atoms in total. The van der Waals surface area contributed by atoms with Gasteiger partial charge in [-0.15, -0.1) is 24.0 Å². The number of benzene rings is 1. The van der Waals surface area contributed by atoms with Crippen LogP contribution in [0.25, 0.3) is 0 Å². The molecule has 0 fully saturated rings. The Kier molecular flexibility index (Phi) is 13.2. The second-order valence-corrected chi connectivity index (χ2v) is 7.30. The lowest BCUT2D eigenvalue weighted by Gasteiger charge is -2.24. The fraction of sp³-hybridized carbons (Fsp3) is 0.545. The molecule has 2 N–H and O–H groups in total. The number of likely N-dealkylation sites (N-methyl/N-ethyl adjacent to an activating group) is 1. The lowest BCUT2D eigenvalue weighted by molar-refractivity contribution is 0.145. The smallest absolute Gasteiger partial charge is 0.191 e. The van der Waals surface area contributed by atoms with E-state index >= 15 is 0 Å². The van der Waals surface area contributed by atoms with Gasteiger partial charge >= 0.3 is 0 Å². The first-order valence-corrected chi connectivity index (χ1v) is 10.4. The number of aromatic nitrogens is 2. The molecule has 2 rings (SSSR count). The topological polar surface area (TPSA) is 75.9 Å². The molecule has 174 valence electrons. The Bertz CT molecular complexity index is 764. The molecule has 0 saturated heterocycles. The van der Waals surface area contributed by atoms with Crippen molar-refractivity contribution in [1.29, 1.82) is 0 Å². The molecule has 31 heavy (non-hydrogen) atoms. The lowest BCUT2D eigenvalue weighted by Crippen LogP contribution is -2.42. The van der Waals surface area contributed by atoms with Crippen LogP contribution >= 0.6 is 24.0 Å². The lowest BCUT2D eigenvalue weighted by atomic mass is 10.1. The van der Waals surface area contributed by atoms with Crippen LogP contribution in [0, 0.1) is 0 Å². The van der Waals surface area contributed by atoms with Crippen molar-refractivity contribution in [2.75, 3.05) is 47.5 Å². The number of aryl methyl sites for hydroxylation is 1. The maximum atomic E-state index is 5.43. The van der Waals surface area contributed by atoms with Crippen molar-refractivity contribution in [1.82, 2.24) is 25.3 Å². The fourth-order valence-electron chi connectivity index (χ4n) is 3.01. The molecule has 0 aliphatic carbocycles. The van der Waals surface area contributed by atoms with Crippen LogP contribution in [-0.4, -0.2) is 68.1 Å². The first-order chi connectivity index (χ1) is 14.5. The minimum Gasteiger partial charge on any atom is -0.497 e. The third-order valence-electron chi connectivity index (χ3n) is 4.74. The summed E-state index contributed by atoms with van der Waals surface area (Å²) in [6.45, 7) is 5.60. The molecule has 2 aromatic rings. The molecule has 1 unspecified atom stereocenters. The monoisotopic (exact) mass is 544 g/mol. The van der Waals surface area contributed by atoms with Crippen molar-refractivity contribution in [2.45, 2.75) is 25.9 Å². The van der Waals surface area contributed by atoms with Crippen LogP contribution < -0.4 is 15.4 Å². The summed E-state index contributed by atoms with van der Waals surface area (Å²) in [6.07, 6.45) is 4.89. The van der Waals surface area contributed by atoms with Crippen molar-refractivity contribution in [3.63, 3.8) is 0 Å². The van der Waals surface area contributed by atoms with Gasteiger partial charge in [-0.2, -0.15) is 5.10 Å². The van der Waals surface area contributed by atoms with E-state index in [0.29, 0.717) is 6.54 Å². The maximum absolute atomic E-state index is 5.43. The van der Waals surface area contributed by atoms with Gasteiger partial charge in [-0.1, -0.05) is 12.1 Å². The zero-order valence-electron chi connectivity index (χ0n) is 19.3. The van der Waals surface area contributed by atoms with Gasteiger partial charge in [0.2, 0.25) is 0 Å². The predicted molar refractivity (Wildman–Crippen MR) is 136 cm³/mol. The number of hydrogen-bond donors (Lipinski definition) is 2. The summed E-state index contributed by atoms with van der Waals surface area (Å²) < 4.78 is 12.5. The number of aliphatic imine (C=N–C) groups is 1. The molecule has 0 bridgehead atoms. The Morgan fingerprint density at radius 2 is 1.97 bits per heavy atom. The van der Waals surface area contributed by atoms with Gasteiger partial charge in [0.05, 0.1) is 25.9 Å². The van der Waals surface area contributed by atoms with Crippen molar-refractivity contribution >= 4 is 29.9 Å². The highest BCUT2D eigenvalue weighted by Crippen LogP contribution is 2.16. The van der Waals surface area contributed by atoms with Crippen LogP contribution in [0.1, 0.15) is 30.5 Å². The average molecular weight is 544 g/mol. The van der Waals surface area contributed by atoms with Gasteiger partial charge in [-0.25, -0.2) is 4.99 Å². The van der Waals surface area contributed by atoms with Crippen LogP contribution in [0.5, 0.6) is 5.75 Å². The Labute approximate surface area is 203 Å². The van der Waals surface area contributed by atoms with Crippen molar-refractivity contribution in [3.8, 4) is 5.75 Å². The summed E-state index contributed by atoms with van der Waals surface area (Å²) in [5.74, 6) is 1.64. The highest BCUT2D eigenvalue weighted by atomic mass is 127. The maximum Gasteiger partial charge on any atom is 0.191 e. The van der Waals surface area contributed by atoms with E-state index in [-0.39, 0.29) is 30.0 Å². The van der Waals surface area contributed by atoms with E-state index in [2.05, 4.69) is 40.9 Å². The van der Waals surface area contributed by atoms with E-state index in [1.807, 2.05) is 49.1 Å². The number of nitrogens with one attached hydrogen (secondary N) is 2. The molecule has 1 aromatic heterocycles. The number of guanidine groups is 1. The van der Waals surface area contributed by atoms with Crippen molar-refractivity contribution in [2.24, 2.45) is 12.0 Å². The van der Waals surface area contributed by atoms with Crippen LogP contribution in [0.15, 0.2) is 41.7 Å². The van der Waals surface area contributed by atoms with Gasteiger partial charge in [0.1, 0.15) is 5.75 Å². The molecule has 0 aliphatic rings. The number of methoxy groups -OCH3 is 1. The standard InChI is InChI=1S/C22H36N6O2.HI/c1-6-30-13-7-12-23-22(24-14-18-8-10-20(29-5)11-9-18)25-16-21(27(2)3)19-15-26-28(4)17-19;/h8-11,15,17,21H,6-7,12-14,16H2,1-5H3,(H2,23,24,25);1H. The van der Waals surface area contributed by atoms with E-state index in [4.69, 9.17) is 14.5 Å². The SMILES string of the molecule is CCOCCCNC(=NCc1ccc(OC)cc1)NCC(c1cnn(C)c1)N(C)C.I. The number of halogens is 1. The molecule has 0 spiro atoms. The van der Waals surface area contributed by atoms with Crippen molar-refractivity contribution in [3.05, 3.63) is 47.8 Å². The Morgan fingerprint density at radius 1 is 1.23 bits per heavy atom. The Balaban J connectivity index is 0.00000480. The summed E-state index contributed by atoms with van der Waals surface area (Å²) >= 11 is 0. The molecule has 1 aromatic carbocycles. The minimum absolute atomic E-state index is 0. The van der Waals surface area contributed by atoms with Crippen LogP contribution in [0.4, 0.5) is 0 Å². The highest BCUT2D eigenvalue weighted by molar-refractivity contribution is 14.0. The van der Waals surface area contributed by atoms with E-state index in [0.717, 1.165) is 50.0 Å². The van der Waals surface area contributed by atoms with Gasteiger partial charge in [0, 0.05) is 45.1 Å². The molecular formula is C22H37IN6O2. The van der Waals surface area contributed by atoms with Crippen LogP contribution in [0.3, 0.4) is 0 Å². The quantitative estimate of drug-likeness (QED) is 0.185. The number of nitrogens with zero attached hydrogens (tertiary/aromatic N) is 4. The third-order valence-corrected chi connectivity index (χ3v) is 4.74. The normalized spacial score (nSPS) is 12.4. The Morgan fingerprint density at radius 3 is 2.55 bits per heavy atom. The van der Waals surface area contributed by atoms with Gasteiger partial charge in [-0.3, -0.25) is 4.68 Å². The van der Waals surface area contributed by atoms with Crippen LogP contribution in [0.2, 0.25) is 0 Å². The summed E-state index contributed by atoms with van der Waals surface area (Å²) in [6, 6.07) is 8.17. The molecule has 1 heterocycles. The van der Waals surface area contributed by atoms with Gasteiger partial charge in [-0.05, 0) is 45.1 Å².